The molecule has 1 fully saturated rings. The largest absolute Gasteiger partial charge is 0.481 e. The molecule has 0 spiro atoms. The molecule has 2 aromatic rings. The van der Waals surface area contributed by atoms with Crippen LogP contribution in [0.4, 0.5) is 0 Å². The molecule has 2 aromatic carbocycles. The van der Waals surface area contributed by atoms with E-state index >= 15 is 0 Å². The molecule has 168 valence electrons. The van der Waals surface area contributed by atoms with Crippen molar-refractivity contribution in [3.8, 4) is 0 Å². The fourth-order valence-electron chi connectivity index (χ4n) is 4.72. The molecule has 2 aliphatic rings. The van der Waals surface area contributed by atoms with Gasteiger partial charge in [0.15, 0.2) is 5.78 Å². The number of aryl methyl sites for hydroxylation is 1. The molecule has 2 atom stereocenters. The quantitative estimate of drug-likeness (QED) is 0.535. The Kier molecular flexibility index (Phi) is 6.39. The minimum absolute atomic E-state index is 0.133. The zero-order chi connectivity index (χ0) is 22.7. The number of Topliss-reactive ketones (excluding diaryl/α,β-unsaturated/α-hetero) is 1. The Morgan fingerprint density at radius 1 is 1.12 bits per heavy atom. The van der Waals surface area contributed by atoms with E-state index in [9.17, 15) is 14.7 Å². The molecule has 0 saturated carbocycles. The maximum atomic E-state index is 13.7. The Bertz CT molecular complexity index is 1010. The molecule has 1 aliphatic heterocycles. The number of carboxylic acids is 1. The highest BCUT2D eigenvalue weighted by molar-refractivity contribution is 6.05. The van der Waals surface area contributed by atoms with E-state index in [1.165, 1.54) is 0 Å². The van der Waals surface area contributed by atoms with Gasteiger partial charge in [-0.1, -0.05) is 48.5 Å². The van der Waals surface area contributed by atoms with Crippen molar-refractivity contribution < 1.29 is 14.7 Å². The van der Waals surface area contributed by atoms with E-state index < -0.39 is 17.4 Å². The molecule has 4 rings (SSSR count). The van der Waals surface area contributed by atoms with Crippen LogP contribution in [0.2, 0.25) is 0 Å². The standard InChI is InChI=1S/C25H30N4O3/c1-28-12-14-29(15-13-28)27-17-18-6-8-20(9-7-18)24(32)25(26)21(16-23(30)31)11-10-19-4-2-3-5-22(19)25/h2-9,17,21H,10-16,26H2,1H3,(H,30,31). The first-order valence-electron chi connectivity index (χ1n) is 11.1. The van der Waals surface area contributed by atoms with Gasteiger partial charge in [-0.2, -0.15) is 5.10 Å². The molecule has 7 heteroatoms. The topological polar surface area (TPSA) is 99.2 Å². The summed E-state index contributed by atoms with van der Waals surface area (Å²) in [5.74, 6) is -1.63. The molecule has 0 aromatic heterocycles. The molecule has 1 heterocycles. The second-order valence-electron chi connectivity index (χ2n) is 8.81. The number of carbonyl (C=O) groups excluding carboxylic acids is 1. The molecule has 3 N–H and O–H groups in total. The summed E-state index contributed by atoms with van der Waals surface area (Å²) in [6, 6.07) is 14.9. The number of nitrogens with two attached hydrogens (primary N) is 1. The van der Waals surface area contributed by atoms with E-state index in [1.807, 2.05) is 41.4 Å². The van der Waals surface area contributed by atoms with Crippen LogP contribution >= 0.6 is 0 Å². The van der Waals surface area contributed by atoms with Gasteiger partial charge >= 0.3 is 5.97 Å². The Morgan fingerprint density at radius 3 is 2.50 bits per heavy atom. The second-order valence-corrected chi connectivity index (χ2v) is 8.81. The van der Waals surface area contributed by atoms with Gasteiger partial charge in [0.05, 0.1) is 12.6 Å². The molecular formula is C25H30N4O3. The number of nitrogens with zero attached hydrogens (tertiary/aromatic N) is 3. The van der Waals surface area contributed by atoms with Crippen LogP contribution in [-0.2, 0) is 16.8 Å². The predicted molar refractivity (Wildman–Crippen MR) is 124 cm³/mol. The van der Waals surface area contributed by atoms with Crippen LogP contribution in [0.1, 0.15) is 39.9 Å². The van der Waals surface area contributed by atoms with Gasteiger partial charge in [0.25, 0.3) is 0 Å². The van der Waals surface area contributed by atoms with E-state index in [1.54, 1.807) is 18.3 Å². The number of hydrazone groups is 1. The van der Waals surface area contributed by atoms with Gasteiger partial charge < -0.3 is 15.7 Å². The van der Waals surface area contributed by atoms with Crippen LogP contribution in [0.3, 0.4) is 0 Å². The van der Waals surface area contributed by atoms with Crippen molar-refractivity contribution in [2.24, 2.45) is 16.8 Å². The van der Waals surface area contributed by atoms with Gasteiger partial charge in [-0.05, 0) is 42.5 Å². The van der Waals surface area contributed by atoms with Crippen LogP contribution < -0.4 is 5.73 Å². The van der Waals surface area contributed by atoms with E-state index in [0.29, 0.717) is 12.0 Å². The molecule has 0 radical (unpaired) electrons. The number of carboxylic acid groups (broad SMARTS) is 1. The average molecular weight is 435 g/mol. The highest BCUT2D eigenvalue weighted by atomic mass is 16.4. The highest BCUT2D eigenvalue weighted by Gasteiger charge is 2.47. The molecular weight excluding hydrogens is 404 g/mol. The number of fused-ring (bicyclic) bond motifs is 1. The first-order valence-corrected chi connectivity index (χ1v) is 11.1. The fourth-order valence-corrected chi connectivity index (χ4v) is 4.72. The maximum Gasteiger partial charge on any atom is 0.303 e. The summed E-state index contributed by atoms with van der Waals surface area (Å²) < 4.78 is 0. The first kappa shape index (κ1) is 22.2. The van der Waals surface area contributed by atoms with Crippen molar-refractivity contribution in [3.05, 3.63) is 70.8 Å². The third-order valence-corrected chi connectivity index (χ3v) is 6.69. The smallest absolute Gasteiger partial charge is 0.303 e. The highest BCUT2D eigenvalue weighted by Crippen LogP contribution is 2.41. The number of hydrogen-bond donors (Lipinski definition) is 2. The lowest BCUT2D eigenvalue weighted by atomic mass is 9.65. The van der Waals surface area contributed by atoms with Gasteiger partial charge in [0, 0.05) is 31.7 Å². The normalized spacial score (nSPS) is 23.8. The van der Waals surface area contributed by atoms with Crippen LogP contribution in [0, 0.1) is 5.92 Å². The number of carbonyl (C=O) groups is 2. The van der Waals surface area contributed by atoms with Gasteiger partial charge in [0.2, 0.25) is 0 Å². The van der Waals surface area contributed by atoms with Crippen molar-refractivity contribution in [1.29, 1.82) is 0 Å². The summed E-state index contributed by atoms with van der Waals surface area (Å²) in [7, 11) is 2.10. The number of likely N-dealkylation sites (N-methyl/N-ethyl adjacent to an activating group) is 1. The van der Waals surface area contributed by atoms with Gasteiger partial charge in [0.1, 0.15) is 5.54 Å². The van der Waals surface area contributed by atoms with E-state index in [0.717, 1.165) is 49.3 Å². The Labute approximate surface area is 188 Å². The number of aliphatic carboxylic acids is 1. The summed E-state index contributed by atoms with van der Waals surface area (Å²) in [5, 5.41) is 16.0. The summed E-state index contributed by atoms with van der Waals surface area (Å²) in [6.07, 6.45) is 2.97. The SMILES string of the molecule is CN1CCN(N=Cc2ccc(C(=O)C3(N)c4ccccc4CCC3CC(=O)O)cc2)CC1. The van der Waals surface area contributed by atoms with Crippen LogP contribution in [0.15, 0.2) is 53.6 Å². The van der Waals surface area contributed by atoms with Crippen molar-refractivity contribution in [2.75, 3.05) is 33.2 Å². The predicted octanol–water partition coefficient (Wildman–Crippen LogP) is 2.34. The van der Waals surface area contributed by atoms with Crippen LogP contribution in [0.5, 0.6) is 0 Å². The van der Waals surface area contributed by atoms with Crippen molar-refractivity contribution in [2.45, 2.75) is 24.8 Å². The third kappa shape index (κ3) is 4.45. The Balaban J connectivity index is 1.57. The number of rotatable bonds is 6. The number of hydrogen-bond acceptors (Lipinski definition) is 6. The van der Waals surface area contributed by atoms with Gasteiger partial charge in [-0.15, -0.1) is 0 Å². The van der Waals surface area contributed by atoms with Crippen molar-refractivity contribution >= 4 is 18.0 Å². The minimum Gasteiger partial charge on any atom is -0.481 e. The lowest BCUT2D eigenvalue weighted by molar-refractivity contribution is -0.138. The maximum absolute atomic E-state index is 13.7. The monoisotopic (exact) mass is 434 g/mol. The zero-order valence-corrected chi connectivity index (χ0v) is 18.4. The van der Waals surface area contributed by atoms with Gasteiger partial charge in [-0.25, -0.2) is 0 Å². The van der Waals surface area contributed by atoms with E-state index in [4.69, 9.17) is 5.73 Å². The van der Waals surface area contributed by atoms with E-state index in [-0.39, 0.29) is 12.2 Å². The molecule has 0 bridgehead atoms. The number of ketones is 1. The zero-order valence-electron chi connectivity index (χ0n) is 18.4. The third-order valence-electron chi connectivity index (χ3n) is 6.69. The molecule has 32 heavy (non-hydrogen) atoms. The molecule has 2 unspecified atom stereocenters. The van der Waals surface area contributed by atoms with Crippen molar-refractivity contribution in [1.82, 2.24) is 9.91 Å². The number of piperazine rings is 1. The fraction of sp³-hybridized carbons (Fsp3) is 0.400. The lowest BCUT2D eigenvalue weighted by Gasteiger charge is -2.41. The molecule has 1 aliphatic carbocycles. The number of benzene rings is 2. The summed E-state index contributed by atoms with van der Waals surface area (Å²) in [4.78, 5) is 27.4. The van der Waals surface area contributed by atoms with E-state index in [2.05, 4.69) is 17.0 Å². The van der Waals surface area contributed by atoms with Crippen LogP contribution in [0.25, 0.3) is 0 Å². The summed E-state index contributed by atoms with van der Waals surface area (Å²) >= 11 is 0. The molecule has 0 amide bonds. The minimum atomic E-state index is -1.36. The van der Waals surface area contributed by atoms with Crippen molar-refractivity contribution in [3.63, 3.8) is 0 Å². The van der Waals surface area contributed by atoms with Crippen LogP contribution in [-0.4, -0.2) is 66.2 Å². The summed E-state index contributed by atoms with van der Waals surface area (Å²) in [5.41, 5.74) is 8.57. The first-order chi connectivity index (χ1) is 15.4. The Hall–Kier alpha value is -3.03. The summed E-state index contributed by atoms with van der Waals surface area (Å²) in [6.45, 7) is 3.76. The molecule has 7 nitrogen and oxygen atoms in total. The molecule has 1 saturated heterocycles. The lowest BCUT2D eigenvalue weighted by Crippen LogP contribution is -2.54. The Morgan fingerprint density at radius 2 is 1.81 bits per heavy atom. The van der Waals surface area contributed by atoms with Gasteiger partial charge in [-0.3, -0.25) is 14.6 Å². The second kappa shape index (κ2) is 9.22. The average Bonchev–Trinajstić information content (AvgIpc) is 2.80.